The number of hydrogen-bond acceptors (Lipinski definition) is 3. The normalized spacial score (nSPS) is 11.7. The Labute approximate surface area is 188 Å². The lowest BCUT2D eigenvalue weighted by atomic mass is 10.1. The Bertz CT molecular complexity index is 1150. The van der Waals surface area contributed by atoms with Crippen LogP contribution < -0.4 is 10.1 Å². The molecule has 1 unspecified atom stereocenters. The molecule has 1 heterocycles. The fraction of sp³-hybridized carbons (Fsp3) is 0.185. The predicted molar refractivity (Wildman–Crippen MR) is 127 cm³/mol. The molecule has 4 aromatic rings. The summed E-state index contributed by atoms with van der Waals surface area (Å²) in [5.74, 6) is 0.612. The Morgan fingerprint density at radius 2 is 1.62 bits per heavy atom. The van der Waals surface area contributed by atoms with E-state index in [1.54, 1.807) is 11.8 Å². The zero-order chi connectivity index (χ0) is 22.3. The first kappa shape index (κ1) is 21.4. The highest BCUT2D eigenvalue weighted by Gasteiger charge is 2.19. The van der Waals surface area contributed by atoms with Crippen LogP contribution in [0.5, 0.6) is 5.75 Å². The summed E-state index contributed by atoms with van der Waals surface area (Å²) in [5.41, 5.74) is 4.29. The average Bonchev–Trinajstić information content (AvgIpc) is 3.30. The van der Waals surface area contributed by atoms with Crippen molar-refractivity contribution in [2.45, 2.75) is 25.8 Å². The van der Waals surface area contributed by atoms with Gasteiger partial charge in [0.2, 0.25) is 0 Å². The van der Waals surface area contributed by atoms with Gasteiger partial charge in [-0.1, -0.05) is 60.7 Å². The largest absolute Gasteiger partial charge is 0.497 e. The van der Waals surface area contributed by atoms with E-state index in [0.29, 0.717) is 5.69 Å². The number of ether oxygens (including phenoxy) is 1. The molecule has 0 aliphatic carbocycles. The lowest BCUT2D eigenvalue weighted by molar-refractivity contribution is 0.0930. The van der Waals surface area contributed by atoms with E-state index in [1.807, 2.05) is 85.8 Å². The molecule has 1 amide bonds. The smallest absolute Gasteiger partial charge is 0.270 e. The molecule has 0 fully saturated rings. The topological polar surface area (TPSA) is 56.2 Å². The maximum Gasteiger partial charge on any atom is 0.270 e. The summed E-state index contributed by atoms with van der Waals surface area (Å²) in [6.45, 7) is 2.03. The zero-order valence-electron chi connectivity index (χ0n) is 18.4. The standard InChI is InChI=1S/C27H27N3O2/c1-20(13-14-21-9-5-3-6-10-21)28-27(31)26-19-25(22-11-7-4-8-12-22)29-30(26)23-15-17-24(32-2)18-16-23/h3-12,15-20H,13-14H2,1-2H3,(H,28,31). The van der Waals surface area contributed by atoms with E-state index in [4.69, 9.17) is 9.84 Å². The summed E-state index contributed by atoms with van der Waals surface area (Å²) in [6.07, 6.45) is 1.77. The third kappa shape index (κ3) is 5.06. The number of methoxy groups -OCH3 is 1. The van der Waals surface area contributed by atoms with Crippen molar-refractivity contribution in [2.75, 3.05) is 7.11 Å². The molecule has 3 aromatic carbocycles. The minimum Gasteiger partial charge on any atom is -0.497 e. The highest BCUT2D eigenvalue weighted by molar-refractivity contribution is 5.94. The molecule has 5 nitrogen and oxygen atoms in total. The molecule has 0 saturated carbocycles. The van der Waals surface area contributed by atoms with Gasteiger partial charge in [0.25, 0.3) is 5.91 Å². The number of benzene rings is 3. The van der Waals surface area contributed by atoms with Crippen LogP contribution in [0.1, 0.15) is 29.4 Å². The zero-order valence-corrected chi connectivity index (χ0v) is 18.4. The quantitative estimate of drug-likeness (QED) is 0.417. The Hall–Kier alpha value is -3.86. The third-order valence-corrected chi connectivity index (χ3v) is 5.41. The molecule has 5 heteroatoms. The van der Waals surface area contributed by atoms with Crippen molar-refractivity contribution in [3.63, 3.8) is 0 Å². The maximum atomic E-state index is 13.2. The minimum atomic E-state index is -0.143. The first-order valence-corrected chi connectivity index (χ1v) is 10.8. The van der Waals surface area contributed by atoms with Crippen LogP contribution in [-0.2, 0) is 6.42 Å². The van der Waals surface area contributed by atoms with Crippen molar-refractivity contribution in [3.05, 3.63) is 102 Å². The van der Waals surface area contributed by atoms with E-state index < -0.39 is 0 Å². The summed E-state index contributed by atoms with van der Waals surface area (Å²) in [4.78, 5) is 13.2. The van der Waals surface area contributed by atoms with Crippen LogP contribution in [0.2, 0.25) is 0 Å². The molecule has 0 radical (unpaired) electrons. The summed E-state index contributed by atoms with van der Waals surface area (Å²) >= 11 is 0. The SMILES string of the molecule is COc1ccc(-n2nc(-c3ccccc3)cc2C(=O)NC(C)CCc2ccccc2)cc1. The lowest BCUT2D eigenvalue weighted by Gasteiger charge is -2.15. The van der Waals surface area contributed by atoms with Crippen molar-refractivity contribution >= 4 is 5.91 Å². The van der Waals surface area contributed by atoms with Gasteiger partial charge in [0.05, 0.1) is 18.5 Å². The van der Waals surface area contributed by atoms with E-state index in [9.17, 15) is 4.79 Å². The fourth-order valence-corrected chi connectivity index (χ4v) is 3.61. The third-order valence-electron chi connectivity index (χ3n) is 5.41. The number of rotatable bonds is 8. The maximum absolute atomic E-state index is 13.2. The summed E-state index contributed by atoms with van der Waals surface area (Å²) < 4.78 is 6.96. The molecule has 0 saturated heterocycles. The molecule has 0 spiro atoms. The number of hydrogen-bond donors (Lipinski definition) is 1. The number of carbonyl (C=O) groups is 1. The second kappa shape index (κ2) is 9.96. The van der Waals surface area contributed by atoms with Crippen LogP contribution in [0.3, 0.4) is 0 Å². The Morgan fingerprint density at radius 3 is 2.28 bits per heavy atom. The molecule has 1 atom stereocenters. The second-order valence-corrected chi connectivity index (χ2v) is 7.79. The highest BCUT2D eigenvalue weighted by Crippen LogP contribution is 2.23. The summed E-state index contributed by atoms with van der Waals surface area (Å²) in [7, 11) is 1.63. The van der Waals surface area contributed by atoms with E-state index >= 15 is 0 Å². The summed E-state index contributed by atoms with van der Waals surface area (Å²) in [5, 5.41) is 7.88. The van der Waals surface area contributed by atoms with Crippen molar-refractivity contribution in [2.24, 2.45) is 0 Å². The van der Waals surface area contributed by atoms with Crippen LogP contribution in [-0.4, -0.2) is 28.8 Å². The molecule has 1 aromatic heterocycles. The van der Waals surface area contributed by atoms with Gasteiger partial charge in [-0.3, -0.25) is 4.79 Å². The average molecular weight is 426 g/mol. The number of amides is 1. The molecular formula is C27H27N3O2. The van der Waals surface area contributed by atoms with Gasteiger partial charge in [0.1, 0.15) is 11.4 Å². The monoisotopic (exact) mass is 425 g/mol. The molecule has 32 heavy (non-hydrogen) atoms. The van der Waals surface area contributed by atoms with Gasteiger partial charge in [-0.15, -0.1) is 0 Å². The minimum absolute atomic E-state index is 0.0297. The van der Waals surface area contributed by atoms with E-state index in [2.05, 4.69) is 17.4 Å². The van der Waals surface area contributed by atoms with Crippen molar-refractivity contribution in [1.82, 2.24) is 15.1 Å². The van der Waals surface area contributed by atoms with Gasteiger partial charge >= 0.3 is 0 Å². The van der Waals surface area contributed by atoms with Crippen LogP contribution in [0.15, 0.2) is 91.0 Å². The second-order valence-electron chi connectivity index (χ2n) is 7.79. The molecule has 1 N–H and O–H groups in total. The predicted octanol–water partition coefficient (Wildman–Crippen LogP) is 5.30. The van der Waals surface area contributed by atoms with Gasteiger partial charge in [0, 0.05) is 11.6 Å². The van der Waals surface area contributed by atoms with E-state index in [0.717, 1.165) is 35.5 Å². The Morgan fingerprint density at radius 1 is 0.969 bits per heavy atom. The van der Waals surface area contributed by atoms with Crippen LogP contribution >= 0.6 is 0 Å². The summed E-state index contributed by atoms with van der Waals surface area (Å²) in [6, 6.07) is 29.6. The first-order valence-electron chi connectivity index (χ1n) is 10.8. The fourth-order valence-electron chi connectivity index (χ4n) is 3.61. The highest BCUT2D eigenvalue weighted by atomic mass is 16.5. The lowest BCUT2D eigenvalue weighted by Crippen LogP contribution is -2.34. The first-order chi connectivity index (χ1) is 15.6. The van der Waals surface area contributed by atoms with Gasteiger partial charge in [-0.25, -0.2) is 4.68 Å². The number of aryl methyl sites for hydroxylation is 1. The van der Waals surface area contributed by atoms with Crippen molar-refractivity contribution in [3.8, 4) is 22.7 Å². The Balaban J connectivity index is 1.57. The van der Waals surface area contributed by atoms with Gasteiger partial charge in [-0.2, -0.15) is 5.10 Å². The van der Waals surface area contributed by atoms with Gasteiger partial charge in [0.15, 0.2) is 0 Å². The Kier molecular flexibility index (Phi) is 6.66. The molecule has 0 bridgehead atoms. The van der Waals surface area contributed by atoms with Crippen LogP contribution in [0.25, 0.3) is 16.9 Å². The molecule has 162 valence electrons. The van der Waals surface area contributed by atoms with Crippen molar-refractivity contribution < 1.29 is 9.53 Å². The van der Waals surface area contributed by atoms with E-state index in [1.165, 1.54) is 5.56 Å². The van der Waals surface area contributed by atoms with E-state index in [-0.39, 0.29) is 11.9 Å². The number of carbonyl (C=O) groups excluding carboxylic acids is 1. The van der Waals surface area contributed by atoms with Gasteiger partial charge < -0.3 is 10.1 Å². The molecule has 4 rings (SSSR count). The van der Waals surface area contributed by atoms with Gasteiger partial charge in [-0.05, 0) is 55.7 Å². The number of nitrogens with zero attached hydrogens (tertiary/aromatic N) is 2. The van der Waals surface area contributed by atoms with Crippen LogP contribution in [0, 0.1) is 0 Å². The molecule has 0 aliphatic heterocycles. The molecular weight excluding hydrogens is 398 g/mol. The number of nitrogens with one attached hydrogen (secondary N) is 1. The number of aromatic nitrogens is 2. The molecule has 0 aliphatic rings. The van der Waals surface area contributed by atoms with Crippen molar-refractivity contribution in [1.29, 1.82) is 0 Å². The van der Waals surface area contributed by atoms with Crippen LogP contribution in [0.4, 0.5) is 0 Å².